The van der Waals surface area contributed by atoms with Crippen molar-refractivity contribution in [1.29, 1.82) is 0 Å². The van der Waals surface area contributed by atoms with Gasteiger partial charge in [-0.3, -0.25) is 0 Å². The Morgan fingerprint density at radius 3 is 2.47 bits per heavy atom. The first-order valence-electron chi connectivity index (χ1n) is 9.62. The van der Waals surface area contributed by atoms with Crippen LogP contribution in [0, 0.1) is 11.8 Å². The third-order valence-electron chi connectivity index (χ3n) is 4.96. The molecule has 4 rings (SSSR count). The summed E-state index contributed by atoms with van der Waals surface area (Å²) in [4.78, 5) is 16.1. The Morgan fingerprint density at radius 2 is 1.80 bits per heavy atom. The second-order valence-corrected chi connectivity index (χ2v) is 7.27. The van der Waals surface area contributed by atoms with E-state index in [4.69, 9.17) is 22.1 Å². The van der Waals surface area contributed by atoms with Crippen LogP contribution < -0.4 is 11.1 Å². The van der Waals surface area contributed by atoms with Crippen LogP contribution in [0.2, 0.25) is 5.15 Å². The van der Waals surface area contributed by atoms with Crippen LogP contribution in [-0.2, 0) is 4.74 Å². The molecule has 1 heterocycles. The number of rotatable bonds is 4. The lowest BCUT2D eigenvalue weighted by Crippen LogP contribution is -2.26. The summed E-state index contributed by atoms with van der Waals surface area (Å²) >= 11 is 5.79. The summed E-state index contributed by atoms with van der Waals surface area (Å²) in [6.07, 6.45) is 1.59. The molecule has 5 nitrogen and oxygen atoms in total. The number of carbonyl (C=O) groups is 1. The van der Waals surface area contributed by atoms with Crippen molar-refractivity contribution in [3.63, 3.8) is 0 Å². The third kappa shape index (κ3) is 4.24. The maximum atomic E-state index is 12.1. The number of amides is 1. The molecule has 0 unspecified atom stereocenters. The smallest absolute Gasteiger partial charge is 0.407 e. The summed E-state index contributed by atoms with van der Waals surface area (Å²) in [6, 6.07) is 18.2. The van der Waals surface area contributed by atoms with Gasteiger partial charge in [-0.05, 0) is 28.3 Å². The van der Waals surface area contributed by atoms with E-state index in [0.717, 1.165) is 0 Å². The summed E-state index contributed by atoms with van der Waals surface area (Å²) in [7, 11) is 0. The summed E-state index contributed by atoms with van der Waals surface area (Å²) in [5, 5.41) is 3.00. The number of halogens is 1. The molecular weight excluding hydrogens is 398 g/mol. The minimum Gasteiger partial charge on any atom is -0.449 e. The van der Waals surface area contributed by atoms with Crippen LogP contribution in [0.5, 0.6) is 0 Å². The standard InChI is InChI=1S/C24H20ClN3O2/c25-23-22(26)13-16(14-28-23)7-5-6-12-27-24(29)30-15-21-19-10-3-1-8-17(19)18-9-2-4-11-20(18)21/h1-4,8-11,13-14,21H,6,12,15,26H2,(H,27,29). The predicted molar refractivity (Wildman–Crippen MR) is 118 cm³/mol. The number of anilines is 1. The highest BCUT2D eigenvalue weighted by Crippen LogP contribution is 2.44. The molecule has 1 aromatic heterocycles. The lowest BCUT2D eigenvalue weighted by atomic mass is 9.98. The van der Waals surface area contributed by atoms with Gasteiger partial charge in [0, 0.05) is 30.6 Å². The van der Waals surface area contributed by atoms with Crippen molar-refractivity contribution in [2.24, 2.45) is 0 Å². The molecule has 1 amide bonds. The monoisotopic (exact) mass is 417 g/mol. The van der Waals surface area contributed by atoms with Crippen LogP contribution in [0.25, 0.3) is 11.1 Å². The van der Waals surface area contributed by atoms with E-state index in [1.807, 2.05) is 24.3 Å². The largest absolute Gasteiger partial charge is 0.449 e. The zero-order chi connectivity index (χ0) is 20.9. The maximum Gasteiger partial charge on any atom is 0.407 e. The summed E-state index contributed by atoms with van der Waals surface area (Å²) in [5.41, 5.74) is 11.6. The van der Waals surface area contributed by atoms with E-state index >= 15 is 0 Å². The van der Waals surface area contributed by atoms with Gasteiger partial charge in [0.15, 0.2) is 5.15 Å². The van der Waals surface area contributed by atoms with Gasteiger partial charge >= 0.3 is 6.09 Å². The number of nitrogens with zero attached hydrogens (tertiary/aromatic N) is 1. The van der Waals surface area contributed by atoms with Gasteiger partial charge in [0.1, 0.15) is 6.61 Å². The molecule has 30 heavy (non-hydrogen) atoms. The molecule has 1 aliphatic carbocycles. The molecule has 150 valence electrons. The SMILES string of the molecule is Nc1cc(C#CCCNC(=O)OCC2c3ccccc3-c3ccccc32)cnc1Cl. The van der Waals surface area contributed by atoms with Crippen molar-refractivity contribution < 1.29 is 9.53 Å². The molecule has 0 saturated heterocycles. The second-order valence-electron chi connectivity index (χ2n) is 6.91. The predicted octanol–water partition coefficient (Wildman–Crippen LogP) is 4.60. The van der Waals surface area contributed by atoms with Crippen LogP contribution in [0.1, 0.15) is 29.0 Å². The summed E-state index contributed by atoms with van der Waals surface area (Å²) < 4.78 is 5.49. The molecule has 0 spiro atoms. The Hall–Kier alpha value is -3.49. The van der Waals surface area contributed by atoms with Crippen molar-refractivity contribution in [3.8, 4) is 23.0 Å². The van der Waals surface area contributed by atoms with Crippen LogP contribution >= 0.6 is 11.6 Å². The molecule has 3 N–H and O–H groups in total. The zero-order valence-corrected chi connectivity index (χ0v) is 16.9. The Balaban J connectivity index is 1.29. The second kappa shape index (κ2) is 8.89. The minimum atomic E-state index is -0.448. The van der Waals surface area contributed by atoms with E-state index in [9.17, 15) is 4.79 Å². The number of pyridine rings is 1. The van der Waals surface area contributed by atoms with Crippen LogP contribution in [0.4, 0.5) is 10.5 Å². The molecule has 0 atom stereocenters. The van der Waals surface area contributed by atoms with Crippen LogP contribution in [0.15, 0.2) is 60.8 Å². The Kier molecular flexibility index (Phi) is 5.87. The molecule has 2 aromatic carbocycles. The third-order valence-corrected chi connectivity index (χ3v) is 5.28. The molecule has 6 heteroatoms. The number of nitrogens with one attached hydrogen (secondary N) is 1. The number of ether oxygens (including phenoxy) is 1. The zero-order valence-electron chi connectivity index (χ0n) is 16.2. The topological polar surface area (TPSA) is 77.2 Å². The maximum absolute atomic E-state index is 12.1. The molecule has 1 aliphatic rings. The molecule has 0 bridgehead atoms. The Labute approximate surface area is 180 Å². The number of benzene rings is 2. The number of fused-ring (bicyclic) bond motifs is 3. The fraction of sp³-hybridized carbons (Fsp3) is 0.167. The van der Waals surface area contributed by atoms with Crippen molar-refractivity contribution >= 4 is 23.4 Å². The molecule has 0 aliphatic heterocycles. The first-order chi connectivity index (χ1) is 14.6. The number of hydrogen-bond acceptors (Lipinski definition) is 4. The molecule has 0 radical (unpaired) electrons. The van der Waals surface area contributed by atoms with Gasteiger partial charge in [-0.2, -0.15) is 0 Å². The summed E-state index contributed by atoms with van der Waals surface area (Å²) in [5.74, 6) is 5.96. The fourth-order valence-electron chi connectivity index (χ4n) is 3.57. The van der Waals surface area contributed by atoms with Gasteiger partial charge in [-0.25, -0.2) is 9.78 Å². The lowest BCUT2D eigenvalue weighted by Gasteiger charge is -2.14. The van der Waals surface area contributed by atoms with Crippen molar-refractivity contribution in [2.45, 2.75) is 12.3 Å². The van der Waals surface area contributed by atoms with Gasteiger partial charge in [0.05, 0.1) is 5.69 Å². The number of hydrogen-bond donors (Lipinski definition) is 2. The average Bonchev–Trinajstić information content (AvgIpc) is 3.08. The van der Waals surface area contributed by atoms with Crippen molar-refractivity contribution in [1.82, 2.24) is 10.3 Å². The van der Waals surface area contributed by atoms with E-state index < -0.39 is 6.09 Å². The molecule has 0 fully saturated rings. The normalized spacial score (nSPS) is 11.8. The van der Waals surface area contributed by atoms with Crippen molar-refractivity contribution in [3.05, 3.63) is 82.6 Å². The first kappa shape index (κ1) is 19.8. The highest BCUT2D eigenvalue weighted by Gasteiger charge is 2.28. The van der Waals surface area contributed by atoms with E-state index in [1.54, 1.807) is 12.3 Å². The Bertz CT molecular complexity index is 1100. The minimum absolute atomic E-state index is 0.0470. The van der Waals surface area contributed by atoms with Gasteiger partial charge in [-0.15, -0.1) is 0 Å². The van der Waals surface area contributed by atoms with Crippen LogP contribution in [-0.4, -0.2) is 24.2 Å². The quantitative estimate of drug-likeness (QED) is 0.369. The average molecular weight is 418 g/mol. The highest BCUT2D eigenvalue weighted by atomic mass is 35.5. The summed E-state index contributed by atoms with van der Waals surface area (Å²) in [6.45, 7) is 0.682. The molecule has 3 aromatic rings. The number of nitrogens with two attached hydrogens (primary N) is 1. The molecular formula is C24H20ClN3O2. The van der Waals surface area contributed by atoms with Gasteiger partial charge in [0.2, 0.25) is 0 Å². The van der Waals surface area contributed by atoms with Gasteiger partial charge in [0.25, 0.3) is 0 Å². The Morgan fingerprint density at radius 1 is 1.13 bits per heavy atom. The van der Waals surface area contributed by atoms with Gasteiger partial charge < -0.3 is 15.8 Å². The first-order valence-corrected chi connectivity index (χ1v) is 10.00. The highest BCUT2D eigenvalue weighted by molar-refractivity contribution is 6.31. The van der Waals surface area contributed by atoms with E-state index in [2.05, 4.69) is 46.4 Å². The fourth-order valence-corrected chi connectivity index (χ4v) is 3.68. The van der Waals surface area contributed by atoms with Crippen molar-refractivity contribution in [2.75, 3.05) is 18.9 Å². The number of nitrogen functional groups attached to an aromatic ring is 1. The number of alkyl carbamates (subject to hydrolysis) is 1. The van der Waals surface area contributed by atoms with E-state index in [0.29, 0.717) is 30.8 Å². The lowest BCUT2D eigenvalue weighted by molar-refractivity contribution is 0.143. The van der Waals surface area contributed by atoms with Gasteiger partial charge in [-0.1, -0.05) is 72.0 Å². The van der Waals surface area contributed by atoms with Crippen LogP contribution in [0.3, 0.4) is 0 Å². The van der Waals surface area contributed by atoms with E-state index in [-0.39, 0.29) is 11.1 Å². The number of aromatic nitrogens is 1. The van der Waals surface area contributed by atoms with E-state index in [1.165, 1.54) is 22.3 Å². The number of carbonyl (C=O) groups excluding carboxylic acids is 1. The molecule has 0 saturated carbocycles.